The lowest BCUT2D eigenvalue weighted by atomic mass is 10.1. The fourth-order valence-corrected chi connectivity index (χ4v) is 2.90. The number of nitrogens with two attached hydrogens (primary N) is 1. The summed E-state index contributed by atoms with van der Waals surface area (Å²) in [6.45, 7) is 1.39. The van der Waals surface area contributed by atoms with E-state index in [4.69, 9.17) is 15.2 Å². The number of hydrogen-bond donors (Lipinski definition) is 2. The Morgan fingerprint density at radius 3 is 2.71 bits per heavy atom. The third-order valence-electron chi connectivity index (χ3n) is 3.41. The molecule has 1 heterocycles. The molecule has 0 radical (unpaired) electrons. The fourth-order valence-electron chi connectivity index (χ4n) is 2.20. The molecule has 0 fully saturated rings. The highest BCUT2D eigenvalue weighted by molar-refractivity contribution is 14.0. The van der Waals surface area contributed by atoms with Gasteiger partial charge in [0.05, 0.1) is 14.2 Å². The molecule has 0 saturated heterocycles. The highest BCUT2D eigenvalue weighted by atomic mass is 127. The van der Waals surface area contributed by atoms with Crippen molar-refractivity contribution in [2.24, 2.45) is 10.7 Å². The number of benzene rings is 1. The molecular formula is C17H24IN3O2S. The Labute approximate surface area is 164 Å². The van der Waals surface area contributed by atoms with Crippen molar-refractivity contribution in [3.63, 3.8) is 0 Å². The van der Waals surface area contributed by atoms with Crippen LogP contribution in [-0.4, -0.2) is 33.3 Å². The van der Waals surface area contributed by atoms with Crippen molar-refractivity contribution in [3.8, 4) is 11.5 Å². The number of hydrogen-bond acceptors (Lipinski definition) is 4. The van der Waals surface area contributed by atoms with Crippen LogP contribution in [-0.2, 0) is 12.8 Å². The van der Waals surface area contributed by atoms with E-state index in [0.29, 0.717) is 19.0 Å². The van der Waals surface area contributed by atoms with Crippen molar-refractivity contribution >= 4 is 41.3 Å². The van der Waals surface area contributed by atoms with Crippen molar-refractivity contribution in [3.05, 3.63) is 46.2 Å². The first-order valence-electron chi connectivity index (χ1n) is 7.50. The van der Waals surface area contributed by atoms with Gasteiger partial charge in [-0.2, -0.15) is 0 Å². The fraction of sp³-hybridized carbons (Fsp3) is 0.353. The van der Waals surface area contributed by atoms with Crippen LogP contribution in [0, 0.1) is 0 Å². The first-order chi connectivity index (χ1) is 11.2. The number of methoxy groups -OCH3 is 2. The number of aliphatic imine (C=N–C) groups is 1. The standard InChI is InChI=1S/C17H23N3O2S.HI/c1-21-14-5-6-16(22-2)13(12-14)7-9-19-17(18)20-10-8-15-4-3-11-23-15;/h3-6,11-12H,7-10H2,1-2H3,(H3,18,19,20);1H. The van der Waals surface area contributed by atoms with Crippen molar-refractivity contribution < 1.29 is 9.47 Å². The molecule has 0 saturated carbocycles. The molecular weight excluding hydrogens is 437 g/mol. The number of halogens is 1. The lowest BCUT2D eigenvalue weighted by Gasteiger charge is -2.11. The molecule has 5 nitrogen and oxygen atoms in total. The first-order valence-corrected chi connectivity index (χ1v) is 8.38. The normalized spacial score (nSPS) is 10.8. The number of rotatable bonds is 8. The predicted molar refractivity (Wildman–Crippen MR) is 111 cm³/mol. The third kappa shape index (κ3) is 6.56. The van der Waals surface area contributed by atoms with E-state index in [2.05, 4.69) is 21.8 Å². The average Bonchev–Trinajstić information content (AvgIpc) is 3.08. The minimum atomic E-state index is 0. The molecule has 0 aliphatic rings. The summed E-state index contributed by atoms with van der Waals surface area (Å²) in [7, 11) is 3.32. The van der Waals surface area contributed by atoms with E-state index in [-0.39, 0.29) is 24.0 Å². The Morgan fingerprint density at radius 1 is 1.21 bits per heavy atom. The van der Waals surface area contributed by atoms with Gasteiger partial charge in [0.15, 0.2) is 5.96 Å². The van der Waals surface area contributed by atoms with Crippen molar-refractivity contribution in [1.29, 1.82) is 0 Å². The van der Waals surface area contributed by atoms with Crippen LogP contribution >= 0.6 is 35.3 Å². The van der Waals surface area contributed by atoms with Crippen LogP contribution in [0.25, 0.3) is 0 Å². The zero-order chi connectivity index (χ0) is 16.5. The summed E-state index contributed by atoms with van der Waals surface area (Å²) in [5.41, 5.74) is 6.97. The second-order valence-corrected chi connectivity index (χ2v) is 5.98. The highest BCUT2D eigenvalue weighted by Crippen LogP contribution is 2.24. The Bertz CT molecular complexity index is 633. The van der Waals surface area contributed by atoms with E-state index in [0.717, 1.165) is 29.9 Å². The minimum Gasteiger partial charge on any atom is -0.497 e. The van der Waals surface area contributed by atoms with Gasteiger partial charge in [-0.25, -0.2) is 0 Å². The molecule has 2 rings (SSSR count). The molecule has 24 heavy (non-hydrogen) atoms. The Hall–Kier alpha value is -1.48. The summed E-state index contributed by atoms with van der Waals surface area (Å²) in [4.78, 5) is 5.66. The monoisotopic (exact) mass is 461 g/mol. The number of guanidine groups is 1. The van der Waals surface area contributed by atoms with Gasteiger partial charge in [0.25, 0.3) is 0 Å². The third-order valence-corrected chi connectivity index (χ3v) is 4.34. The van der Waals surface area contributed by atoms with Gasteiger partial charge in [-0.05, 0) is 41.6 Å². The van der Waals surface area contributed by atoms with Crippen LogP contribution in [0.4, 0.5) is 0 Å². The van der Waals surface area contributed by atoms with Crippen LogP contribution in [0.3, 0.4) is 0 Å². The largest absolute Gasteiger partial charge is 0.497 e. The Kier molecular flexibility index (Phi) is 9.55. The van der Waals surface area contributed by atoms with Crippen molar-refractivity contribution in [2.45, 2.75) is 12.8 Å². The number of ether oxygens (including phenoxy) is 2. The molecule has 132 valence electrons. The van der Waals surface area contributed by atoms with Gasteiger partial charge < -0.3 is 20.5 Å². The predicted octanol–water partition coefficient (Wildman–Crippen LogP) is 3.07. The van der Waals surface area contributed by atoms with E-state index >= 15 is 0 Å². The van der Waals surface area contributed by atoms with Crippen LogP contribution in [0.15, 0.2) is 40.7 Å². The molecule has 3 N–H and O–H groups in total. The summed E-state index contributed by atoms with van der Waals surface area (Å²) in [5.74, 6) is 2.14. The molecule has 7 heteroatoms. The molecule has 2 aromatic rings. The van der Waals surface area contributed by atoms with Gasteiger partial charge >= 0.3 is 0 Å². The molecule has 0 aliphatic carbocycles. The van der Waals surface area contributed by atoms with E-state index < -0.39 is 0 Å². The smallest absolute Gasteiger partial charge is 0.188 e. The van der Waals surface area contributed by atoms with Crippen LogP contribution in [0.1, 0.15) is 10.4 Å². The number of nitrogens with one attached hydrogen (secondary N) is 1. The van der Waals surface area contributed by atoms with Gasteiger partial charge in [0, 0.05) is 24.4 Å². The van der Waals surface area contributed by atoms with Crippen molar-refractivity contribution in [1.82, 2.24) is 5.32 Å². The minimum absolute atomic E-state index is 0. The summed E-state index contributed by atoms with van der Waals surface area (Å²) >= 11 is 1.74. The Morgan fingerprint density at radius 2 is 2.04 bits per heavy atom. The summed E-state index contributed by atoms with van der Waals surface area (Å²) in [5, 5.41) is 5.21. The van der Waals surface area contributed by atoms with Crippen LogP contribution in [0.5, 0.6) is 11.5 Å². The first kappa shape index (κ1) is 20.6. The van der Waals surface area contributed by atoms with Gasteiger partial charge in [-0.15, -0.1) is 35.3 Å². The topological polar surface area (TPSA) is 68.9 Å². The van der Waals surface area contributed by atoms with E-state index in [1.807, 2.05) is 24.3 Å². The molecule has 0 bridgehead atoms. The molecule has 0 amide bonds. The lowest BCUT2D eigenvalue weighted by molar-refractivity contribution is 0.398. The molecule has 0 atom stereocenters. The highest BCUT2D eigenvalue weighted by Gasteiger charge is 2.05. The molecule has 1 aromatic heterocycles. The van der Waals surface area contributed by atoms with Gasteiger partial charge in [-0.3, -0.25) is 4.99 Å². The summed E-state index contributed by atoms with van der Waals surface area (Å²) in [6, 6.07) is 9.93. The van der Waals surface area contributed by atoms with E-state index in [1.165, 1.54) is 4.88 Å². The van der Waals surface area contributed by atoms with Crippen molar-refractivity contribution in [2.75, 3.05) is 27.3 Å². The maximum atomic E-state index is 5.89. The SMILES string of the molecule is COc1ccc(OC)c(CCNC(N)=NCCc2cccs2)c1.I. The maximum Gasteiger partial charge on any atom is 0.188 e. The van der Waals surface area contributed by atoms with E-state index in [1.54, 1.807) is 25.6 Å². The maximum absolute atomic E-state index is 5.89. The zero-order valence-electron chi connectivity index (χ0n) is 14.0. The van der Waals surface area contributed by atoms with Crippen LogP contribution < -0.4 is 20.5 Å². The summed E-state index contributed by atoms with van der Waals surface area (Å²) in [6.07, 6.45) is 1.70. The number of nitrogens with zero attached hydrogens (tertiary/aromatic N) is 1. The second kappa shape index (κ2) is 11.1. The quantitative estimate of drug-likeness (QED) is 0.360. The van der Waals surface area contributed by atoms with Gasteiger partial charge in [0.1, 0.15) is 11.5 Å². The molecule has 0 aliphatic heterocycles. The number of thiophene rings is 1. The second-order valence-electron chi connectivity index (χ2n) is 4.95. The van der Waals surface area contributed by atoms with E-state index in [9.17, 15) is 0 Å². The molecule has 1 aromatic carbocycles. The zero-order valence-corrected chi connectivity index (χ0v) is 17.1. The molecule has 0 spiro atoms. The Balaban J connectivity index is 0.00000288. The van der Waals surface area contributed by atoms with Gasteiger partial charge in [-0.1, -0.05) is 6.07 Å². The summed E-state index contributed by atoms with van der Waals surface area (Å²) < 4.78 is 10.6. The van der Waals surface area contributed by atoms with Gasteiger partial charge in [0.2, 0.25) is 0 Å². The molecule has 0 unspecified atom stereocenters. The lowest BCUT2D eigenvalue weighted by Crippen LogP contribution is -2.33. The van der Waals surface area contributed by atoms with Crippen LogP contribution in [0.2, 0.25) is 0 Å². The average molecular weight is 461 g/mol.